The van der Waals surface area contributed by atoms with Crippen LogP contribution in [0.1, 0.15) is 39.4 Å². The van der Waals surface area contributed by atoms with E-state index in [-0.39, 0.29) is 12.0 Å². The maximum atomic E-state index is 9.28. The minimum atomic E-state index is -0.0256. The molecule has 1 unspecified atom stereocenters. The van der Waals surface area contributed by atoms with E-state index in [1.54, 1.807) is 0 Å². The molecule has 2 heterocycles. The van der Waals surface area contributed by atoms with Crippen molar-refractivity contribution < 1.29 is 5.11 Å². The van der Waals surface area contributed by atoms with Gasteiger partial charge in [-0.05, 0) is 24.8 Å². The molecular weight excluding hydrogens is 226 g/mol. The van der Waals surface area contributed by atoms with Crippen molar-refractivity contribution in [1.29, 1.82) is 0 Å². The highest BCUT2D eigenvalue weighted by molar-refractivity contribution is 5.38. The van der Waals surface area contributed by atoms with Crippen molar-refractivity contribution in [3.05, 3.63) is 18.1 Å². The number of aliphatic hydroxyl groups is 1. The van der Waals surface area contributed by atoms with Crippen LogP contribution in [-0.4, -0.2) is 34.8 Å². The number of piperidine rings is 1. The molecule has 0 radical (unpaired) electrons. The van der Waals surface area contributed by atoms with Crippen molar-refractivity contribution in [3.8, 4) is 0 Å². The second kappa shape index (κ2) is 5.22. The van der Waals surface area contributed by atoms with Crippen molar-refractivity contribution in [2.45, 2.75) is 39.0 Å². The third-order valence-electron chi connectivity index (χ3n) is 3.41. The van der Waals surface area contributed by atoms with Crippen LogP contribution in [0.25, 0.3) is 0 Å². The van der Waals surface area contributed by atoms with Crippen LogP contribution in [0.3, 0.4) is 0 Å². The van der Waals surface area contributed by atoms with Crippen LogP contribution < -0.4 is 4.90 Å². The van der Waals surface area contributed by atoms with Gasteiger partial charge in [0.25, 0.3) is 0 Å². The topological polar surface area (TPSA) is 49.2 Å². The highest BCUT2D eigenvalue weighted by Gasteiger charge is 2.22. The van der Waals surface area contributed by atoms with Crippen LogP contribution in [0, 0.1) is 5.92 Å². The van der Waals surface area contributed by atoms with E-state index < -0.39 is 0 Å². The quantitative estimate of drug-likeness (QED) is 0.870. The van der Waals surface area contributed by atoms with E-state index in [1.807, 2.05) is 12.3 Å². The van der Waals surface area contributed by atoms with Gasteiger partial charge in [0.05, 0.1) is 0 Å². The first-order valence-corrected chi connectivity index (χ1v) is 6.70. The van der Waals surface area contributed by atoms with Crippen LogP contribution in [0.2, 0.25) is 0 Å². The predicted molar refractivity (Wildman–Crippen MR) is 72.8 cm³/mol. The van der Waals surface area contributed by atoms with E-state index in [0.717, 1.165) is 37.6 Å². The SMILES string of the molecule is CC(C)(C)c1nccc(N2CCCC(CO)C2)n1. The first-order chi connectivity index (χ1) is 8.50. The van der Waals surface area contributed by atoms with Crippen LogP contribution in [0.5, 0.6) is 0 Å². The molecule has 0 spiro atoms. The molecule has 1 saturated heterocycles. The highest BCUT2D eigenvalue weighted by atomic mass is 16.3. The summed E-state index contributed by atoms with van der Waals surface area (Å²) in [6, 6.07) is 1.97. The van der Waals surface area contributed by atoms with E-state index in [4.69, 9.17) is 0 Å². The number of nitrogens with zero attached hydrogens (tertiary/aromatic N) is 3. The van der Waals surface area contributed by atoms with Gasteiger partial charge >= 0.3 is 0 Å². The first-order valence-electron chi connectivity index (χ1n) is 6.70. The molecule has 18 heavy (non-hydrogen) atoms. The van der Waals surface area contributed by atoms with Gasteiger partial charge < -0.3 is 10.0 Å². The van der Waals surface area contributed by atoms with Crippen LogP contribution in [0.15, 0.2) is 12.3 Å². The van der Waals surface area contributed by atoms with Crippen molar-refractivity contribution in [3.63, 3.8) is 0 Å². The van der Waals surface area contributed by atoms with Gasteiger partial charge in [-0.3, -0.25) is 0 Å². The fourth-order valence-electron chi connectivity index (χ4n) is 2.31. The Kier molecular flexibility index (Phi) is 3.85. The number of aromatic nitrogens is 2. The smallest absolute Gasteiger partial charge is 0.135 e. The van der Waals surface area contributed by atoms with Crippen molar-refractivity contribution in [2.75, 3.05) is 24.6 Å². The molecule has 2 rings (SSSR count). The maximum absolute atomic E-state index is 9.28. The third-order valence-corrected chi connectivity index (χ3v) is 3.41. The fourth-order valence-corrected chi connectivity index (χ4v) is 2.31. The molecule has 100 valence electrons. The normalized spacial score (nSPS) is 21.1. The lowest BCUT2D eigenvalue weighted by atomic mass is 9.95. The highest BCUT2D eigenvalue weighted by Crippen LogP contribution is 2.24. The largest absolute Gasteiger partial charge is 0.396 e. The van der Waals surface area contributed by atoms with E-state index >= 15 is 0 Å². The van der Waals surface area contributed by atoms with E-state index in [2.05, 4.69) is 35.6 Å². The molecule has 4 nitrogen and oxygen atoms in total. The maximum Gasteiger partial charge on any atom is 0.135 e. The third kappa shape index (κ3) is 2.99. The summed E-state index contributed by atoms with van der Waals surface area (Å²) in [5.74, 6) is 2.26. The minimum Gasteiger partial charge on any atom is -0.396 e. The molecule has 1 aromatic heterocycles. The molecule has 0 bridgehead atoms. The predicted octanol–water partition coefficient (Wildman–Crippen LogP) is 1.98. The molecule has 1 aliphatic rings. The van der Waals surface area contributed by atoms with Gasteiger partial charge in [0.15, 0.2) is 0 Å². The van der Waals surface area contributed by atoms with Gasteiger partial charge in [0, 0.05) is 31.3 Å². The summed E-state index contributed by atoms with van der Waals surface area (Å²) in [5, 5.41) is 9.28. The standard InChI is InChI=1S/C14H23N3O/c1-14(2,3)13-15-7-6-12(16-13)17-8-4-5-11(9-17)10-18/h6-7,11,18H,4-5,8-10H2,1-3H3. The summed E-state index contributed by atoms with van der Waals surface area (Å²) in [7, 11) is 0. The molecule has 1 atom stereocenters. The van der Waals surface area contributed by atoms with Crippen molar-refractivity contribution >= 4 is 5.82 Å². The first kappa shape index (κ1) is 13.3. The second-order valence-corrected chi connectivity index (χ2v) is 6.13. The minimum absolute atomic E-state index is 0.0256. The fraction of sp³-hybridized carbons (Fsp3) is 0.714. The molecule has 1 aliphatic heterocycles. The zero-order chi connectivity index (χ0) is 13.2. The Hall–Kier alpha value is -1.16. The molecule has 1 aromatic rings. The lowest BCUT2D eigenvalue weighted by molar-refractivity contribution is 0.208. The number of aliphatic hydroxyl groups excluding tert-OH is 1. The Morgan fingerprint density at radius 3 is 2.89 bits per heavy atom. The number of hydrogen-bond acceptors (Lipinski definition) is 4. The van der Waals surface area contributed by atoms with Crippen molar-refractivity contribution in [1.82, 2.24) is 9.97 Å². The average Bonchev–Trinajstić information content (AvgIpc) is 2.38. The zero-order valence-corrected chi connectivity index (χ0v) is 11.6. The lowest BCUT2D eigenvalue weighted by Crippen LogP contribution is -2.37. The molecule has 1 fully saturated rings. The number of hydrogen-bond donors (Lipinski definition) is 1. The van der Waals surface area contributed by atoms with E-state index in [9.17, 15) is 5.11 Å². The Morgan fingerprint density at radius 2 is 2.22 bits per heavy atom. The Morgan fingerprint density at radius 1 is 1.44 bits per heavy atom. The Labute approximate surface area is 109 Å². The van der Waals surface area contributed by atoms with Gasteiger partial charge in [-0.15, -0.1) is 0 Å². The summed E-state index contributed by atoms with van der Waals surface area (Å²) in [6.45, 7) is 8.57. The average molecular weight is 249 g/mol. The number of rotatable bonds is 2. The molecule has 0 saturated carbocycles. The van der Waals surface area contributed by atoms with E-state index in [1.165, 1.54) is 0 Å². The van der Waals surface area contributed by atoms with Crippen molar-refractivity contribution in [2.24, 2.45) is 5.92 Å². The summed E-state index contributed by atoms with van der Waals surface area (Å²) in [5.41, 5.74) is -0.0256. The second-order valence-electron chi connectivity index (χ2n) is 6.13. The van der Waals surface area contributed by atoms with Crippen LogP contribution >= 0.6 is 0 Å². The molecule has 4 heteroatoms. The molecule has 1 N–H and O–H groups in total. The molecule has 0 aliphatic carbocycles. The van der Waals surface area contributed by atoms with Gasteiger partial charge in [-0.2, -0.15) is 0 Å². The summed E-state index contributed by atoms with van der Waals surface area (Å²) < 4.78 is 0. The monoisotopic (exact) mass is 249 g/mol. The van der Waals surface area contributed by atoms with Gasteiger partial charge in [-0.25, -0.2) is 9.97 Å². The summed E-state index contributed by atoms with van der Waals surface area (Å²) >= 11 is 0. The van der Waals surface area contributed by atoms with Gasteiger partial charge in [-0.1, -0.05) is 20.8 Å². The molecular formula is C14H23N3O. The van der Waals surface area contributed by atoms with E-state index in [0.29, 0.717) is 5.92 Å². The molecule has 0 amide bonds. The lowest BCUT2D eigenvalue weighted by Gasteiger charge is -2.33. The Balaban J connectivity index is 2.18. The number of anilines is 1. The molecule has 0 aromatic carbocycles. The van der Waals surface area contributed by atoms with Gasteiger partial charge in [0.2, 0.25) is 0 Å². The Bertz CT molecular complexity index is 400. The van der Waals surface area contributed by atoms with Crippen LogP contribution in [-0.2, 0) is 5.41 Å². The zero-order valence-electron chi connectivity index (χ0n) is 11.6. The summed E-state index contributed by atoms with van der Waals surface area (Å²) in [4.78, 5) is 11.3. The summed E-state index contributed by atoms with van der Waals surface area (Å²) in [6.07, 6.45) is 4.08. The van der Waals surface area contributed by atoms with Gasteiger partial charge in [0.1, 0.15) is 11.6 Å². The van der Waals surface area contributed by atoms with Crippen LogP contribution in [0.4, 0.5) is 5.82 Å².